The molecule has 192 valence electrons. The van der Waals surface area contributed by atoms with E-state index in [1.54, 1.807) is 24.4 Å². The zero-order valence-electron chi connectivity index (χ0n) is 21.5. The average Bonchev–Trinajstić information content (AvgIpc) is 3.52. The summed E-state index contributed by atoms with van der Waals surface area (Å²) in [5.41, 5.74) is 3.06. The molecule has 4 heterocycles. The van der Waals surface area contributed by atoms with Crippen molar-refractivity contribution in [2.75, 3.05) is 35.3 Å². The van der Waals surface area contributed by atoms with Crippen LogP contribution in [0.2, 0.25) is 0 Å². The van der Waals surface area contributed by atoms with Crippen molar-refractivity contribution in [2.45, 2.75) is 45.7 Å². The molecule has 1 aromatic carbocycles. The molecule has 1 fully saturated rings. The maximum atomic E-state index is 13.8. The molecular formula is C26H29FN8O2. The lowest BCUT2D eigenvalue weighted by molar-refractivity contribution is 0.102. The van der Waals surface area contributed by atoms with Gasteiger partial charge in [-0.2, -0.15) is 0 Å². The Balaban J connectivity index is 1.45. The summed E-state index contributed by atoms with van der Waals surface area (Å²) in [5.74, 6) is 1.73. The number of hydrogen-bond acceptors (Lipinski definition) is 9. The maximum absolute atomic E-state index is 13.8. The Morgan fingerprint density at radius 2 is 2.03 bits per heavy atom. The minimum Gasteiger partial charge on any atom is -0.359 e. The summed E-state index contributed by atoms with van der Waals surface area (Å²) in [6.45, 7) is 8.81. The van der Waals surface area contributed by atoms with Gasteiger partial charge in [-0.25, -0.2) is 24.3 Å². The minimum absolute atomic E-state index is 0.220. The Bertz CT molecular complexity index is 1460. The van der Waals surface area contributed by atoms with Gasteiger partial charge < -0.3 is 19.6 Å². The summed E-state index contributed by atoms with van der Waals surface area (Å²) >= 11 is 0. The van der Waals surface area contributed by atoms with Gasteiger partial charge in [0.25, 0.3) is 5.91 Å². The normalized spacial score (nSPS) is 15.8. The second kappa shape index (κ2) is 9.38. The van der Waals surface area contributed by atoms with Gasteiger partial charge in [0.1, 0.15) is 29.3 Å². The lowest BCUT2D eigenvalue weighted by atomic mass is 9.93. The largest absolute Gasteiger partial charge is 0.359 e. The van der Waals surface area contributed by atoms with E-state index in [-0.39, 0.29) is 17.9 Å². The molecule has 0 saturated carbocycles. The molecule has 1 aliphatic heterocycles. The van der Waals surface area contributed by atoms with E-state index in [0.717, 1.165) is 11.3 Å². The van der Waals surface area contributed by atoms with Crippen LogP contribution in [0, 0.1) is 6.92 Å². The fraction of sp³-hybridized carbons (Fsp3) is 0.385. The first kappa shape index (κ1) is 24.5. The van der Waals surface area contributed by atoms with Crippen LogP contribution in [0.15, 0.2) is 41.3 Å². The number of nitrogens with zero attached hydrogens (tertiary/aromatic N) is 7. The Labute approximate surface area is 213 Å². The van der Waals surface area contributed by atoms with Crippen molar-refractivity contribution < 1.29 is 13.7 Å². The number of fused-ring (bicyclic) bond motifs is 1. The Morgan fingerprint density at radius 1 is 1.22 bits per heavy atom. The van der Waals surface area contributed by atoms with Crippen LogP contribution in [0.4, 0.5) is 27.7 Å². The molecule has 1 aliphatic rings. The predicted octanol–water partition coefficient (Wildman–Crippen LogP) is 4.58. The molecule has 4 aromatic rings. The van der Waals surface area contributed by atoms with Crippen molar-refractivity contribution in [2.24, 2.45) is 0 Å². The van der Waals surface area contributed by atoms with Gasteiger partial charge in [-0.05, 0) is 31.0 Å². The molecule has 1 atom stereocenters. The van der Waals surface area contributed by atoms with Crippen molar-refractivity contribution in [1.82, 2.24) is 25.1 Å². The molecule has 3 aromatic heterocycles. The second-order valence-electron chi connectivity index (χ2n) is 10.3. The molecule has 0 unspecified atom stereocenters. The van der Waals surface area contributed by atoms with E-state index in [4.69, 9.17) is 4.52 Å². The first-order valence-corrected chi connectivity index (χ1v) is 12.1. The van der Waals surface area contributed by atoms with Gasteiger partial charge in [0.2, 0.25) is 5.95 Å². The van der Waals surface area contributed by atoms with Crippen LogP contribution in [0.25, 0.3) is 11.0 Å². The number of nitrogens with one attached hydrogen (secondary N) is 1. The van der Waals surface area contributed by atoms with Crippen LogP contribution in [0.1, 0.15) is 48.9 Å². The third-order valence-electron chi connectivity index (χ3n) is 6.40. The summed E-state index contributed by atoms with van der Waals surface area (Å²) in [6.07, 6.45) is 2.65. The number of rotatable bonds is 5. The van der Waals surface area contributed by atoms with E-state index in [9.17, 15) is 9.18 Å². The monoisotopic (exact) mass is 504 g/mol. The van der Waals surface area contributed by atoms with Crippen LogP contribution in [-0.2, 0) is 5.41 Å². The maximum Gasteiger partial charge on any atom is 0.256 e. The quantitative estimate of drug-likeness (QED) is 0.417. The van der Waals surface area contributed by atoms with E-state index in [2.05, 4.69) is 30.4 Å². The van der Waals surface area contributed by atoms with Crippen LogP contribution >= 0.6 is 0 Å². The Kier molecular flexibility index (Phi) is 6.22. The molecule has 0 bridgehead atoms. The summed E-state index contributed by atoms with van der Waals surface area (Å²) in [5, 5.41) is 6.78. The van der Waals surface area contributed by atoms with Gasteiger partial charge in [0, 0.05) is 36.3 Å². The van der Waals surface area contributed by atoms with Crippen molar-refractivity contribution >= 4 is 40.2 Å². The number of aryl methyl sites for hydroxylation is 1. The molecule has 10 nitrogen and oxygen atoms in total. The van der Waals surface area contributed by atoms with E-state index in [0.29, 0.717) is 52.9 Å². The van der Waals surface area contributed by atoms with E-state index in [1.165, 1.54) is 6.33 Å². The number of benzene rings is 1. The fourth-order valence-electron chi connectivity index (χ4n) is 4.23. The van der Waals surface area contributed by atoms with Gasteiger partial charge >= 0.3 is 0 Å². The predicted molar refractivity (Wildman–Crippen MR) is 139 cm³/mol. The lowest BCUT2D eigenvalue weighted by Crippen LogP contribution is -2.23. The number of carbonyl (C=O) groups is 1. The fourth-order valence-corrected chi connectivity index (χ4v) is 4.23. The van der Waals surface area contributed by atoms with Gasteiger partial charge in [-0.15, -0.1) is 0 Å². The van der Waals surface area contributed by atoms with E-state index in [1.807, 2.05) is 50.6 Å². The highest BCUT2D eigenvalue weighted by molar-refractivity contribution is 6.04. The van der Waals surface area contributed by atoms with Crippen LogP contribution in [-0.4, -0.2) is 57.3 Å². The number of hydrogen-bond donors (Lipinski definition) is 1. The van der Waals surface area contributed by atoms with Gasteiger partial charge in [0.15, 0.2) is 11.6 Å². The van der Waals surface area contributed by atoms with Crippen LogP contribution < -0.4 is 15.1 Å². The third-order valence-corrected chi connectivity index (χ3v) is 6.40. The molecule has 5 rings (SSSR count). The third kappa shape index (κ3) is 4.93. The number of anilines is 4. The molecule has 1 saturated heterocycles. The minimum atomic E-state index is -0.887. The highest BCUT2D eigenvalue weighted by Gasteiger charge is 2.25. The van der Waals surface area contributed by atoms with Crippen molar-refractivity contribution in [1.29, 1.82) is 0 Å². The van der Waals surface area contributed by atoms with Crippen molar-refractivity contribution in [3.05, 3.63) is 53.7 Å². The number of alkyl halides is 1. The lowest BCUT2D eigenvalue weighted by Gasteiger charge is -2.22. The molecule has 1 N–H and O–H groups in total. The highest BCUT2D eigenvalue weighted by atomic mass is 19.1. The molecule has 1 amide bonds. The molecular weight excluding hydrogens is 475 g/mol. The van der Waals surface area contributed by atoms with Crippen LogP contribution in [0.3, 0.4) is 0 Å². The summed E-state index contributed by atoms with van der Waals surface area (Å²) in [6, 6.07) is 7.15. The van der Waals surface area contributed by atoms with Crippen LogP contribution in [0.5, 0.6) is 0 Å². The Hall–Kier alpha value is -4.15. The van der Waals surface area contributed by atoms with Gasteiger partial charge in [-0.3, -0.25) is 4.79 Å². The summed E-state index contributed by atoms with van der Waals surface area (Å²) in [7, 11) is 1.86. The average molecular weight is 505 g/mol. The Morgan fingerprint density at radius 3 is 2.73 bits per heavy atom. The SMILES string of the molecule is Cc1ccc(C(=O)Nc2cc(C(C)(C)C)on2)cc1N(C)c1ncnc2cnc(N3CC[C@H](F)C3)nc12. The molecule has 0 radical (unpaired) electrons. The van der Waals surface area contributed by atoms with Gasteiger partial charge in [0.05, 0.1) is 12.7 Å². The van der Waals surface area contributed by atoms with Gasteiger partial charge in [-0.1, -0.05) is 32.0 Å². The number of amides is 1. The van der Waals surface area contributed by atoms with E-state index < -0.39 is 6.17 Å². The molecule has 11 heteroatoms. The number of halogens is 1. The van der Waals surface area contributed by atoms with E-state index >= 15 is 0 Å². The smallest absolute Gasteiger partial charge is 0.256 e. The molecule has 0 aliphatic carbocycles. The topological polar surface area (TPSA) is 113 Å². The molecule has 37 heavy (non-hydrogen) atoms. The molecule has 0 spiro atoms. The summed E-state index contributed by atoms with van der Waals surface area (Å²) in [4.78, 5) is 34.6. The zero-order valence-corrected chi connectivity index (χ0v) is 21.5. The number of aromatic nitrogens is 5. The summed E-state index contributed by atoms with van der Waals surface area (Å²) < 4.78 is 19.1. The highest BCUT2D eigenvalue weighted by Crippen LogP contribution is 2.31. The van der Waals surface area contributed by atoms with Crippen molar-refractivity contribution in [3.63, 3.8) is 0 Å². The van der Waals surface area contributed by atoms with Crippen molar-refractivity contribution in [3.8, 4) is 0 Å². The zero-order chi connectivity index (χ0) is 26.3. The number of carbonyl (C=O) groups excluding carboxylic acids is 1. The first-order chi connectivity index (χ1) is 17.6. The second-order valence-corrected chi connectivity index (χ2v) is 10.3. The standard InChI is InChI=1S/C26H29FN8O2/c1-15-6-7-16(24(36)31-21-11-20(37-33-21)26(2,3)4)10-19(15)34(5)23-22-18(29-14-30-23)12-28-25(32-22)35-9-8-17(27)13-35/h6-7,10-12,14,17H,8-9,13H2,1-5H3,(H,31,33,36)/t17-/m0/s1. The first-order valence-electron chi connectivity index (χ1n) is 12.1.